The van der Waals surface area contributed by atoms with E-state index in [1.54, 1.807) is 24.0 Å². The van der Waals surface area contributed by atoms with E-state index in [2.05, 4.69) is 5.32 Å². The minimum atomic E-state index is -1.07. The smallest absolute Gasteiger partial charge is 0.337 e. The number of piperidine rings is 1. The van der Waals surface area contributed by atoms with Gasteiger partial charge in [0.1, 0.15) is 0 Å². The maximum atomic E-state index is 12.2. The summed E-state index contributed by atoms with van der Waals surface area (Å²) in [6, 6.07) is 4.57. The van der Waals surface area contributed by atoms with E-state index in [-0.39, 0.29) is 24.1 Å². The first-order chi connectivity index (χ1) is 10.0. The van der Waals surface area contributed by atoms with Gasteiger partial charge in [-0.25, -0.2) is 9.59 Å². The number of amides is 2. The molecule has 114 valence electrons. The Balaban J connectivity index is 2.11. The predicted molar refractivity (Wildman–Crippen MR) is 78.5 cm³/mol. The minimum Gasteiger partial charge on any atom is -0.478 e. The molecule has 2 rings (SSSR count). The molecule has 1 aromatic rings. The zero-order valence-corrected chi connectivity index (χ0v) is 12.0. The van der Waals surface area contributed by atoms with E-state index in [9.17, 15) is 19.8 Å². The van der Waals surface area contributed by atoms with Crippen molar-refractivity contribution in [2.24, 2.45) is 5.92 Å². The maximum Gasteiger partial charge on any atom is 0.337 e. The van der Waals surface area contributed by atoms with Crippen LogP contribution in [0.15, 0.2) is 18.2 Å². The fourth-order valence-electron chi connectivity index (χ4n) is 2.54. The van der Waals surface area contributed by atoms with Crippen molar-refractivity contribution < 1.29 is 19.8 Å². The van der Waals surface area contributed by atoms with E-state index in [1.165, 1.54) is 6.07 Å². The third-order valence-electron chi connectivity index (χ3n) is 3.71. The molecule has 0 aliphatic carbocycles. The molecule has 1 heterocycles. The van der Waals surface area contributed by atoms with Gasteiger partial charge in [-0.3, -0.25) is 0 Å². The number of hydrogen-bond acceptors (Lipinski definition) is 3. The summed E-state index contributed by atoms with van der Waals surface area (Å²) in [6.07, 6.45) is 1.75. The van der Waals surface area contributed by atoms with Crippen LogP contribution in [-0.2, 0) is 0 Å². The number of urea groups is 1. The normalized spacial score (nSPS) is 18.4. The Morgan fingerprint density at radius 3 is 2.86 bits per heavy atom. The highest BCUT2D eigenvalue weighted by Crippen LogP contribution is 2.20. The number of hydrogen-bond donors (Lipinski definition) is 3. The lowest BCUT2D eigenvalue weighted by atomic mass is 9.99. The topological polar surface area (TPSA) is 89.9 Å². The Labute approximate surface area is 123 Å². The summed E-state index contributed by atoms with van der Waals surface area (Å²) in [6.45, 7) is 2.98. The van der Waals surface area contributed by atoms with Crippen LogP contribution in [0.3, 0.4) is 0 Å². The van der Waals surface area contributed by atoms with E-state index in [1.807, 2.05) is 0 Å². The molecule has 0 spiro atoms. The number of nitrogens with zero attached hydrogens (tertiary/aromatic N) is 1. The molecule has 1 aromatic carbocycles. The molecule has 1 aliphatic heterocycles. The monoisotopic (exact) mass is 292 g/mol. The fraction of sp³-hybridized carbons (Fsp3) is 0.467. The molecule has 3 N–H and O–H groups in total. The van der Waals surface area contributed by atoms with Gasteiger partial charge in [0.2, 0.25) is 0 Å². The molecule has 1 unspecified atom stereocenters. The quantitative estimate of drug-likeness (QED) is 0.794. The van der Waals surface area contributed by atoms with Crippen molar-refractivity contribution in [3.8, 4) is 0 Å². The highest BCUT2D eigenvalue weighted by molar-refractivity contribution is 6.00. The molecular weight excluding hydrogens is 272 g/mol. The second-order valence-electron chi connectivity index (χ2n) is 5.42. The standard InChI is InChI=1S/C15H20N2O4/c1-10-4-5-13(12(7-10)14(19)20)16-15(21)17-6-2-3-11(8-17)9-18/h4-5,7,11,18H,2-3,6,8-9H2,1H3,(H,16,21)(H,19,20). The first-order valence-electron chi connectivity index (χ1n) is 7.02. The summed E-state index contributed by atoms with van der Waals surface area (Å²) >= 11 is 0. The number of carboxylic acid groups (broad SMARTS) is 1. The molecule has 1 fully saturated rings. The minimum absolute atomic E-state index is 0.0642. The number of nitrogens with one attached hydrogen (secondary N) is 1. The summed E-state index contributed by atoms with van der Waals surface area (Å²) in [5, 5.41) is 21.0. The largest absolute Gasteiger partial charge is 0.478 e. The predicted octanol–water partition coefficient (Wildman–Crippen LogP) is 1.93. The van der Waals surface area contributed by atoms with Gasteiger partial charge in [-0.2, -0.15) is 0 Å². The zero-order chi connectivity index (χ0) is 15.4. The number of aliphatic hydroxyl groups excluding tert-OH is 1. The van der Waals surface area contributed by atoms with Gasteiger partial charge in [0, 0.05) is 19.7 Å². The third-order valence-corrected chi connectivity index (χ3v) is 3.71. The van der Waals surface area contributed by atoms with Gasteiger partial charge in [0.25, 0.3) is 0 Å². The van der Waals surface area contributed by atoms with Crippen LogP contribution in [0.5, 0.6) is 0 Å². The zero-order valence-electron chi connectivity index (χ0n) is 12.0. The van der Waals surface area contributed by atoms with E-state index >= 15 is 0 Å². The van der Waals surface area contributed by atoms with Crippen molar-refractivity contribution in [3.05, 3.63) is 29.3 Å². The van der Waals surface area contributed by atoms with Crippen LogP contribution in [-0.4, -0.2) is 46.8 Å². The van der Waals surface area contributed by atoms with Crippen LogP contribution >= 0.6 is 0 Å². The SMILES string of the molecule is Cc1ccc(NC(=O)N2CCCC(CO)C2)c(C(=O)O)c1. The lowest BCUT2D eigenvalue weighted by Crippen LogP contribution is -2.43. The van der Waals surface area contributed by atoms with Crippen LogP contribution in [0.1, 0.15) is 28.8 Å². The van der Waals surface area contributed by atoms with Crippen molar-refractivity contribution >= 4 is 17.7 Å². The lowest BCUT2D eigenvalue weighted by Gasteiger charge is -2.32. The van der Waals surface area contributed by atoms with Crippen molar-refractivity contribution in [1.82, 2.24) is 4.90 Å². The van der Waals surface area contributed by atoms with Crippen molar-refractivity contribution in [1.29, 1.82) is 0 Å². The molecule has 0 bridgehead atoms. The number of aromatic carboxylic acids is 1. The molecule has 0 aromatic heterocycles. The number of aliphatic hydroxyl groups is 1. The summed E-state index contributed by atoms with van der Waals surface area (Å²) in [5.74, 6) is -0.970. The second-order valence-corrected chi connectivity index (χ2v) is 5.42. The van der Waals surface area contributed by atoms with Gasteiger partial charge < -0.3 is 20.4 Å². The van der Waals surface area contributed by atoms with Crippen LogP contribution in [0.2, 0.25) is 0 Å². The first-order valence-corrected chi connectivity index (χ1v) is 7.02. The van der Waals surface area contributed by atoms with Crippen molar-refractivity contribution in [2.45, 2.75) is 19.8 Å². The summed E-state index contributed by atoms with van der Waals surface area (Å²) < 4.78 is 0. The van der Waals surface area contributed by atoms with Crippen molar-refractivity contribution in [2.75, 3.05) is 25.0 Å². The summed E-state index contributed by atoms with van der Waals surface area (Å²) in [5.41, 5.74) is 1.20. The van der Waals surface area contributed by atoms with E-state index in [0.717, 1.165) is 18.4 Å². The van der Waals surface area contributed by atoms with E-state index in [4.69, 9.17) is 0 Å². The highest BCUT2D eigenvalue weighted by atomic mass is 16.4. The number of anilines is 1. The van der Waals surface area contributed by atoms with Gasteiger partial charge in [-0.15, -0.1) is 0 Å². The molecule has 1 atom stereocenters. The Hall–Kier alpha value is -2.08. The van der Waals surface area contributed by atoms with E-state index < -0.39 is 5.97 Å². The highest BCUT2D eigenvalue weighted by Gasteiger charge is 2.24. The van der Waals surface area contributed by atoms with Crippen LogP contribution in [0.4, 0.5) is 10.5 Å². The van der Waals surface area contributed by atoms with Crippen LogP contribution < -0.4 is 5.32 Å². The molecule has 0 radical (unpaired) electrons. The number of aryl methyl sites for hydroxylation is 1. The van der Waals surface area contributed by atoms with E-state index in [0.29, 0.717) is 18.8 Å². The first kappa shape index (κ1) is 15.3. The average Bonchev–Trinajstić information content (AvgIpc) is 2.48. The second kappa shape index (κ2) is 6.58. The van der Waals surface area contributed by atoms with Gasteiger partial charge in [0.05, 0.1) is 11.3 Å². The molecular formula is C15H20N2O4. The maximum absolute atomic E-state index is 12.2. The molecule has 6 heteroatoms. The summed E-state index contributed by atoms with van der Waals surface area (Å²) in [7, 11) is 0. The van der Waals surface area contributed by atoms with Crippen molar-refractivity contribution in [3.63, 3.8) is 0 Å². The molecule has 1 saturated heterocycles. The van der Waals surface area contributed by atoms with Gasteiger partial charge >= 0.3 is 12.0 Å². The lowest BCUT2D eigenvalue weighted by molar-refractivity contribution is 0.0698. The Morgan fingerprint density at radius 1 is 1.43 bits per heavy atom. The Bertz CT molecular complexity index is 544. The van der Waals surface area contributed by atoms with Crippen LogP contribution in [0.25, 0.3) is 0 Å². The molecule has 2 amide bonds. The Morgan fingerprint density at radius 2 is 2.19 bits per heavy atom. The summed E-state index contributed by atoms with van der Waals surface area (Å²) in [4.78, 5) is 25.1. The number of carboxylic acids is 1. The third kappa shape index (κ3) is 3.72. The molecule has 6 nitrogen and oxygen atoms in total. The van der Waals surface area contributed by atoms with Gasteiger partial charge in [-0.1, -0.05) is 11.6 Å². The van der Waals surface area contributed by atoms with Gasteiger partial charge in [-0.05, 0) is 37.8 Å². The number of rotatable bonds is 3. The number of benzene rings is 1. The number of likely N-dealkylation sites (tertiary alicyclic amines) is 1. The van der Waals surface area contributed by atoms with Crippen LogP contribution in [0, 0.1) is 12.8 Å². The number of carbonyl (C=O) groups is 2. The molecule has 21 heavy (non-hydrogen) atoms. The average molecular weight is 292 g/mol. The molecule has 1 aliphatic rings. The molecule has 0 saturated carbocycles. The number of carbonyl (C=O) groups excluding carboxylic acids is 1. The Kier molecular flexibility index (Phi) is 4.80. The van der Waals surface area contributed by atoms with Gasteiger partial charge in [0.15, 0.2) is 0 Å². The fourth-order valence-corrected chi connectivity index (χ4v) is 2.54.